The van der Waals surface area contributed by atoms with Crippen LogP contribution in [0.15, 0.2) is 29.4 Å². The van der Waals surface area contributed by atoms with Gasteiger partial charge in [-0.1, -0.05) is 29.4 Å². The highest BCUT2D eigenvalue weighted by molar-refractivity contribution is 5.81. The molecule has 1 aromatic carbocycles. The monoisotopic (exact) mass is 333 g/mol. The number of hydrogen-bond acceptors (Lipinski definition) is 5. The number of amides is 1. The molecule has 0 unspecified atom stereocenters. The molecule has 0 saturated carbocycles. The second kappa shape index (κ2) is 11.0. The van der Waals surface area contributed by atoms with Crippen molar-refractivity contribution in [1.29, 1.82) is 0 Å². The van der Waals surface area contributed by atoms with Crippen molar-refractivity contribution in [3.63, 3.8) is 0 Å². The summed E-state index contributed by atoms with van der Waals surface area (Å²) < 4.78 is 4.55. The van der Waals surface area contributed by atoms with E-state index in [1.807, 2.05) is 24.3 Å². The Bertz CT molecular complexity index is 582. The maximum Gasteiger partial charge on any atom is 0.306 e. The van der Waals surface area contributed by atoms with Crippen LogP contribution in [0.25, 0.3) is 10.4 Å². The van der Waals surface area contributed by atoms with Crippen molar-refractivity contribution in [3.05, 3.63) is 45.8 Å². The van der Waals surface area contributed by atoms with Crippen molar-refractivity contribution in [2.75, 3.05) is 26.7 Å². The zero-order chi connectivity index (χ0) is 17.8. The molecule has 0 aliphatic carbocycles. The maximum atomic E-state index is 12.3. The van der Waals surface area contributed by atoms with E-state index in [-0.39, 0.29) is 25.3 Å². The van der Waals surface area contributed by atoms with Crippen LogP contribution in [0.5, 0.6) is 0 Å². The molecule has 1 aromatic rings. The highest BCUT2D eigenvalue weighted by atomic mass is 16.5. The molecule has 24 heavy (non-hydrogen) atoms. The smallest absolute Gasteiger partial charge is 0.306 e. The zero-order valence-electron chi connectivity index (χ0n) is 13.9. The molecular weight excluding hydrogens is 310 g/mol. The number of methoxy groups -OCH3 is 1. The summed E-state index contributed by atoms with van der Waals surface area (Å²) in [5.74, 6) is -0.607. The fourth-order valence-electron chi connectivity index (χ4n) is 2.17. The van der Waals surface area contributed by atoms with Crippen molar-refractivity contribution >= 4 is 11.9 Å². The lowest BCUT2D eigenvalue weighted by molar-refractivity contribution is -0.143. The largest absolute Gasteiger partial charge is 0.469 e. The van der Waals surface area contributed by atoms with Crippen LogP contribution >= 0.6 is 0 Å². The van der Waals surface area contributed by atoms with Crippen LogP contribution in [0, 0.1) is 0 Å². The average molecular weight is 333 g/mol. The topological polar surface area (TPSA) is 121 Å². The van der Waals surface area contributed by atoms with Gasteiger partial charge in [0, 0.05) is 31.0 Å². The standard InChI is InChI=1S/C16H23N5O3/c1-24-16(23)7-6-15(22)21(11-10-19-20-18)12-14-4-2-13(3-5-14)8-9-17/h2-5H,6-12,17H2,1H3. The van der Waals surface area contributed by atoms with Gasteiger partial charge in [0.15, 0.2) is 0 Å². The van der Waals surface area contributed by atoms with Gasteiger partial charge in [-0.2, -0.15) is 0 Å². The van der Waals surface area contributed by atoms with Gasteiger partial charge in [0.05, 0.1) is 13.5 Å². The maximum absolute atomic E-state index is 12.3. The van der Waals surface area contributed by atoms with Gasteiger partial charge in [0.25, 0.3) is 0 Å². The first-order chi connectivity index (χ1) is 11.6. The van der Waals surface area contributed by atoms with Crippen molar-refractivity contribution < 1.29 is 14.3 Å². The first-order valence-corrected chi connectivity index (χ1v) is 7.74. The van der Waals surface area contributed by atoms with Gasteiger partial charge in [-0.3, -0.25) is 9.59 Å². The van der Waals surface area contributed by atoms with Gasteiger partial charge in [0.1, 0.15) is 0 Å². The first kappa shape index (κ1) is 19.5. The Hall–Kier alpha value is -2.57. The fraction of sp³-hybridized carbons (Fsp3) is 0.500. The van der Waals surface area contributed by atoms with Gasteiger partial charge >= 0.3 is 5.97 Å². The number of esters is 1. The summed E-state index contributed by atoms with van der Waals surface area (Å²) in [4.78, 5) is 27.8. The molecule has 0 heterocycles. The summed E-state index contributed by atoms with van der Waals surface area (Å²) in [6.45, 7) is 1.47. The second-order valence-corrected chi connectivity index (χ2v) is 5.20. The predicted molar refractivity (Wildman–Crippen MR) is 89.9 cm³/mol. The number of azide groups is 1. The van der Waals surface area contributed by atoms with Crippen LogP contribution in [0.3, 0.4) is 0 Å². The van der Waals surface area contributed by atoms with E-state index in [2.05, 4.69) is 14.8 Å². The molecule has 130 valence electrons. The highest BCUT2D eigenvalue weighted by Crippen LogP contribution is 2.10. The van der Waals surface area contributed by atoms with E-state index in [0.717, 1.165) is 17.5 Å². The molecule has 8 heteroatoms. The van der Waals surface area contributed by atoms with E-state index < -0.39 is 5.97 Å². The third kappa shape index (κ3) is 7.13. The van der Waals surface area contributed by atoms with Gasteiger partial charge in [-0.25, -0.2) is 0 Å². The van der Waals surface area contributed by atoms with Gasteiger partial charge in [0.2, 0.25) is 5.91 Å². The van der Waals surface area contributed by atoms with Crippen molar-refractivity contribution in [1.82, 2.24) is 4.90 Å². The Kier molecular flexibility index (Phi) is 8.96. The molecule has 2 N–H and O–H groups in total. The second-order valence-electron chi connectivity index (χ2n) is 5.20. The third-order valence-corrected chi connectivity index (χ3v) is 3.49. The number of benzene rings is 1. The number of ether oxygens (including phenoxy) is 1. The average Bonchev–Trinajstić information content (AvgIpc) is 2.60. The summed E-state index contributed by atoms with van der Waals surface area (Å²) in [5, 5.41) is 3.47. The van der Waals surface area contributed by atoms with E-state index in [1.165, 1.54) is 7.11 Å². The summed E-state index contributed by atoms with van der Waals surface area (Å²) in [6.07, 6.45) is 0.899. The Balaban J connectivity index is 2.71. The first-order valence-electron chi connectivity index (χ1n) is 7.74. The molecule has 1 amide bonds. The van der Waals surface area contributed by atoms with E-state index in [0.29, 0.717) is 19.6 Å². The SMILES string of the molecule is COC(=O)CCC(=O)N(CCN=[N+]=[N-])Cc1ccc(CCN)cc1. The molecule has 0 aromatic heterocycles. The van der Waals surface area contributed by atoms with Gasteiger partial charge < -0.3 is 15.4 Å². The lowest BCUT2D eigenvalue weighted by Crippen LogP contribution is -2.33. The molecule has 8 nitrogen and oxygen atoms in total. The number of carbonyl (C=O) groups is 2. The Morgan fingerprint density at radius 1 is 1.25 bits per heavy atom. The van der Waals surface area contributed by atoms with Gasteiger partial charge in [-0.15, -0.1) is 0 Å². The number of hydrogen-bond donors (Lipinski definition) is 1. The van der Waals surface area contributed by atoms with Gasteiger partial charge in [-0.05, 0) is 29.6 Å². The van der Waals surface area contributed by atoms with Crippen molar-refractivity contribution in [3.8, 4) is 0 Å². The predicted octanol–water partition coefficient (Wildman–Crippen LogP) is 1.78. The number of carbonyl (C=O) groups excluding carboxylic acids is 2. The van der Waals surface area contributed by atoms with E-state index in [9.17, 15) is 9.59 Å². The number of rotatable bonds is 10. The summed E-state index contributed by atoms with van der Waals surface area (Å²) >= 11 is 0. The molecule has 0 radical (unpaired) electrons. The summed E-state index contributed by atoms with van der Waals surface area (Å²) in [7, 11) is 1.29. The molecule has 0 aliphatic rings. The lowest BCUT2D eigenvalue weighted by Gasteiger charge is -2.22. The number of nitrogens with two attached hydrogens (primary N) is 1. The minimum Gasteiger partial charge on any atom is -0.469 e. The Morgan fingerprint density at radius 2 is 1.92 bits per heavy atom. The Morgan fingerprint density at radius 3 is 2.50 bits per heavy atom. The fourth-order valence-corrected chi connectivity index (χ4v) is 2.17. The molecule has 0 saturated heterocycles. The molecule has 0 bridgehead atoms. The zero-order valence-corrected chi connectivity index (χ0v) is 13.9. The van der Waals surface area contributed by atoms with E-state index >= 15 is 0 Å². The molecule has 0 fully saturated rings. The van der Waals surface area contributed by atoms with Crippen molar-refractivity contribution in [2.24, 2.45) is 10.8 Å². The lowest BCUT2D eigenvalue weighted by atomic mass is 10.1. The Labute approximate surface area is 141 Å². The van der Waals surface area contributed by atoms with Crippen LogP contribution in [-0.2, 0) is 27.3 Å². The van der Waals surface area contributed by atoms with Crippen LogP contribution in [0.1, 0.15) is 24.0 Å². The highest BCUT2D eigenvalue weighted by Gasteiger charge is 2.15. The van der Waals surface area contributed by atoms with E-state index in [1.54, 1.807) is 4.90 Å². The molecule has 1 rings (SSSR count). The molecule has 0 atom stereocenters. The minimum atomic E-state index is -0.426. The molecule has 0 aliphatic heterocycles. The van der Waals surface area contributed by atoms with E-state index in [4.69, 9.17) is 11.3 Å². The van der Waals surface area contributed by atoms with Crippen LogP contribution in [0.4, 0.5) is 0 Å². The summed E-state index contributed by atoms with van der Waals surface area (Å²) in [5.41, 5.74) is 16.0. The van der Waals surface area contributed by atoms with Crippen LogP contribution in [0.2, 0.25) is 0 Å². The van der Waals surface area contributed by atoms with Crippen molar-refractivity contribution in [2.45, 2.75) is 25.8 Å². The normalized spacial score (nSPS) is 9.92. The number of nitrogens with zero attached hydrogens (tertiary/aromatic N) is 4. The molecule has 0 spiro atoms. The van der Waals surface area contributed by atoms with Crippen LogP contribution in [-0.4, -0.2) is 43.5 Å². The summed E-state index contributed by atoms with van der Waals surface area (Å²) in [6, 6.07) is 7.84. The molecular formula is C16H23N5O3. The minimum absolute atomic E-state index is 0.0305. The van der Waals surface area contributed by atoms with Crippen LogP contribution < -0.4 is 5.73 Å². The quantitative estimate of drug-likeness (QED) is 0.303. The third-order valence-electron chi connectivity index (χ3n) is 3.49.